The van der Waals surface area contributed by atoms with E-state index in [4.69, 9.17) is 0 Å². The molecule has 2 N–H and O–H groups in total. The van der Waals surface area contributed by atoms with E-state index in [0.717, 1.165) is 38.2 Å². The number of H-pyrrole nitrogens is 1. The number of aromatic nitrogens is 3. The van der Waals surface area contributed by atoms with E-state index in [1.807, 2.05) is 11.8 Å². The minimum Gasteiger partial charge on any atom is -0.335 e. The fourth-order valence-electron chi connectivity index (χ4n) is 2.75. The van der Waals surface area contributed by atoms with Crippen LogP contribution in [0.3, 0.4) is 0 Å². The van der Waals surface area contributed by atoms with Crippen LogP contribution in [-0.2, 0) is 0 Å². The molecule has 1 unspecified atom stereocenters. The number of rotatable bonds is 5. The van der Waals surface area contributed by atoms with Crippen LogP contribution in [-0.4, -0.2) is 51.7 Å². The summed E-state index contributed by atoms with van der Waals surface area (Å²) >= 11 is 0. The maximum Gasteiger partial charge on any atom is 0.293 e. The first kappa shape index (κ1) is 13.5. The van der Waals surface area contributed by atoms with Gasteiger partial charge in [-0.1, -0.05) is 6.42 Å². The molecule has 1 amide bonds. The number of hydrogen-bond acceptors (Lipinski definition) is 4. The topological polar surface area (TPSA) is 73.9 Å². The Bertz CT molecular complexity index is 462. The number of carbonyl (C=O) groups is 1. The van der Waals surface area contributed by atoms with Crippen molar-refractivity contribution in [1.29, 1.82) is 0 Å². The highest BCUT2D eigenvalue weighted by molar-refractivity contribution is 5.90. The van der Waals surface area contributed by atoms with Crippen molar-refractivity contribution in [2.75, 3.05) is 19.6 Å². The molecule has 1 aromatic heterocycles. The third-order valence-corrected chi connectivity index (χ3v) is 4.18. The first-order chi connectivity index (χ1) is 9.78. The highest BCUT2D eigenvalue weighted by Crippen LogP contribution is 2.37. The molecule has 1 saturated carbocycles. The number of amides is 1. The second-order valence-electron chi connectivity index (χ2n) is 5.81. The van der Waals surface area contributed by atoms with Crippen LogP contribution in [0.1, 0.15) is 61.4 Å². The van der Waals surface area contributed by atoms with Gasteiger partial charge < -0.3 is 10.2 Å². The van der Waals surface area contributed by atoms with Crippen LogP contribution in [0, 0.1) is 0 Å². The van der Waals surface area contributed by atoms with Crippen molar-refractivity contribution in [3.63, 3.8) is 0 Å². The molecule has 0 bridgehead atoms. The molecule has 0 radical (unpaired) electrons. The lowest BCUT2D eigenvalue weighted by Crippen LogP contribution is -2.46. The zero-order valence-corrected chi connectivity index (χ0v) is 12.1. The Morgan fingerprint density at radius 3 is 2.85 bits per heavy atom. The quantitative estimate of drug-likeness (QED) is 0.850. The molecule has 1 aliphatic carbocycles. The molecule has 20 heavy (non-hydrogen) atoms. The predicted molar refractivity (Wildman–Crippen MR) is 75.6 cm³/mol. The first-order valence-corrected chi connectivity index (χ1v) is 7.73. The number of piperidine rings is 1. The molecule has 2 aliphatic rings. The molecule has 3 rings (SSSR count). The Labute approximate surface area is 119 Å². The lowest BCUT2D eigenvalue weighted by molar-refractivity contribution is 0.0729. The van der Waals surface area contributed by atoms with Crippen molar-refractivity contribution in [2.45, 2.75) is 51.0 Å². The molecule has 1 saturated heterocycles. The third kappa shape index (κ3) is 3.00. The maximum atomic E-state index is 12.5. The van der Waals surface area contributed by atoms with Crippen LogP contribution in [0.5, 0.6) is 0 Å². The van der Waals surface area contributed by atoms with E-state index in [-0.39, 0.29) is 5.91 Å². The standard InChI is InChI=1S/C14H23N5O/c1-2-19(9-11-5-3-4-8-15-11)14(20)13-16-12(17-18-13)10-6-7-10/h10-11,15H,2-9H2,1H3,(H,16,17,18). The normalized spacial score (nSPS) is 22.8. The van der Waals surface area contributed by atoms with Crippen LogP contribution in [0.4, 0.5) is 0 Å². The predicted octanol–water partition coefficient (Wildman–Crippen LogP) is 1.29. The molecule has 2 heterocycles. The van der Waals surface area contributed by atoms with Gasteiger partial charge in [-0.2, -0.15) is 0 Å². The molecule has 0 aromatic carbocycles. The summed E-state index contributed by atoms with van der Waals surface area (Å²) in [6.45, 7) is 4.52. The third-order valence-electron chi connectivity index (χ3n) is 4.18. The van der Waals surface area contributed by atoms with Crippen LogP contribution >= 0.6 is 0 Å². The molecule has 1 aliphatic heterocycles. The summed E-state index contributed by atoms with van der Waals surface area (Å²) in [6, 6.07) is 0.412. The van der Waals surface area contributed by atoms with Gasteiger partial charge in [0.25, 0.3) is 5.91 Å². The molecular formula is C14H23N5O. The van der Waals surface area contributed by atoms with E-state index in [1.165, 1.54) is 12.8 Å². The summed E-state index contributed by atoms with van der Waals surface area (Å²) in [5.74, 6) is 1.65. The van der Waals surface area contributed by atoms with Crippen molar-refractivity contribution in [3.8, 4) is 0 Å². The van der Waals surface area contributed by atoms with E-state index in [1.54, 1.807) is 0 Å². The van der Waals surface area contributed by atoms with Gasteiger partial charge in [0.2, 0.25) is 5.82 Å². The zero-order valence-electron chi connectivity index (χ0n) is 12.1. The van der Waals surface area contributed by atoms with Crippen molar-refractivity contribution in [3.05, 3.63) is 11.6 Å². The van der Waals surface area contributed by atoms with Crippen molar-refractivity contribution in [2.24, 2.45) is 0 Å². The average Bonchev–Trinajstić information content (AvgIpc) is 3.22. The second-order valence-corrected chi connectivity index (χ2v) is 5.81. The van der Waals surface area contributed by atoms with E-state index in [0.29, 0.717) is 24.3 Å². The highest BCUT2D eigenvalue weighted by atomic mass is 16.2. The van der Waals surface area contributed by atoms with E-state index >= 15 is 0 Å². The lowest BCUT2D eigenvalue weighted by Gasteiger charge is -2.29. The molecule has 0 spiro atoms. The van der Waals surface area contributed by atoms with E-state index in [9.17, 15) is 4.79 Å². The summed E-state index contributed by atoms with van der Waals surface area (Å²) < 4.78 is 0. The van der Waals surface area contributed by atoms with Crippen LogP contribution < -0.4 is 5.32 Å². The zero-order chi connectivity index (χ0) is 13.9. The minimum atomic E-state index is -0.0528. The average molecular weight is 277 g/mol. The van der Waals surface area contributed by atoms with Crippen LogP contribution in [0.2, 0.25) is 0 Å². The Morgan fingerprint density at radius 2 is 2.20 bits per heavy atom. The van der Waals surface area contributed by atoms with Gasteiger partial charge in [-0.25, -0.2) is 4.98 Å². The number of carbonyl (C=O) groups excluding carboxylic acids is 1. The first-order valence-electron chi connectivity index (χ1n) is 7.73. The molecule has 2 fully saturated rings. The summed E-state index contributed by atoms with van der Waals surface area (Å²) in [7, 11) is 0. The molecule has 6 nitrogen and oxygen atoms in total. The number of aromatic amines is 1. The monoisotopic (exact) mass is 277 g/mol. The summed E-state index contributed by atoms with van der Waals surface area (Å²) in [6.07, 6.45) is 5.95. The van der Waals surface area contributed by atoms with Gasteiger partial charge in [-0.3, -0.25) is 9.89 Å². The molecule has 110 valence electrons. The summed E-state index contributed by atoms with van der Waals surface area (Å²) in [5, 5.41) is 10.5. The van der Waals surface area contributed by atoms with Gasteiger partial charge in [0, 0.05) is 25.0 Å². The number of nitrogens with one attached hydrogen (secondary N) is 2. The van der Waals surface area contributed by atoms with Gasteiger partial charge in [0.05, 0.1) is 0 Å². The SMILES string of the molecule is CCN(CC1CCCCN1)C(=O)c1n[nH]c(C2CC2)n1. The molecule has 6 heteroatoms. The Kier molecular flexibility index (Phi) is 4.00. The summed E-state index contributed by atoms with van der Waals surface area (Å²) in [4.78, 5) is 18.7. The van der Waals surface area contributed by atoms with Crippen LogP contribution in [0.15, 0.2) is 0 Å². The van der Waals surface area contributed by atoms with Crippen molar-refractivity contribution in [1.82, 2.24) is 25.4 Å². The summed E-state index contributed by atoms with van der Waals surface area (Å²) in [5.41, 5.74) is 0. The number of likely N-dealkylation sites (N-methyl/N-ethyl adjacent to an activating group) is 1. The molecule has 1 atom stereocenters. The van der Waals surface area contributed by atoms with E-state index in [2.05, 4.69) is 20.5 Å². The number of nitrogens with zero attached hydrogens (tertiary/aromatic N) is 3. The largest absolute Gasteiger partial charge is 0.335 e. The Balaban J connectivity index is 1.62. The fourth-order valence-corrected chi connectivity index (χ4v) is 2.75. The molecular weight excluding hydrogens is 254 g/mol. The van der Waals surface area contributed by atoms with Gasteiger partial charge in [-0.15, -0.1) is 5.10 Å². The van der Waals surface area contributed by atoms with Crippen LogP contribution in [0.25, 0.3) is 0 Å². The van der Waals surface area contributed by atoms with E-state index < -0.39 is 0 Å². The minimum absolute atomic E-state index is 0.0528. The lowest BCUT2D eigenvalue weighted by atomic mass is 10.0. The Hall–Kier alpha value is -1.43. The Morgan fingerprint density at radius 1 is 1.35 bits per heavy atom. The second kappa shape index (κ2) is 5.91. The van der Waals surface area contributed by atoms with Crippen molar-refractivity contribution >= 4 is 5.91 Å². The van der Waals surface area contributed by atoms with Gasteiger partial charge in [-0.05, 0) is 39.2 Å². The number of hydrogen-bond donors (Lipinski definition) is 2. The van der Waals surface area contributed by atoms with Gasteiger partial charge >= 0.3 is 0 Å². The molecule has 1 aromatic rings. The highest BCUT2D eigenvalue weighted by Gasteiger charge is 2.29. The smallest absolute Gasteiger partial charge is 0.293 e. The fraction of sp³-hybridized carbons (Fsp3) is 0.786. The van der Waals surface area contributed by atoms with Gasteiger partial charge in [0.15, 0.2) is 0 Å². The maximum absolute atomic E-state index is 12.5. The van der Waals surface area contributed by atoms with Crippen molar-refractivity contribution < 1.29 is 4.79 Å². The van der Waals surface area contributed by atoms with Gasteiger partial charge in [0.1, 0.15) is 5.82 Å².